The number of hydrogen-bond acceptors (Lipinski definition) is 6. The third-order valence-corrected chi connectivity index (χ3v) is 5.94. The van der Waals surface area contributed by atoms with E-state index in [0.29, 0.717) is 21.9 Å². The third-order valence-electron chi connectivity index (χ3n) is 4.96. The van der Waals surface area contributed by atoms with E-state index in [1.54, 1.807) is 18.8 Å². The van der Waals surface area contributed by atoms with Gasteiger partial charge >= 0.3 is 5.69 Å². The summed E-state index contributed by atoms with van der Waals surface area (Å²) in [4.78, 5) is 35.8. The highest BCUT2D eigenvalue weighted by Crippen LogP contribution is 2.22. The molecule has 0 unspecified atom stereocenters. The molecule has 0 spiro atoms. The highest BCUT2D eigenvalue weighted by atomic mass is 32.2. The first-order valence-electron chi connectivity index (χ1n) is 9.53. The van der Waals surface area contributed by atoms with Crippen LogP contribution in [0.5, 0.6) is 0 Å². The first kappa shape index (κ1) is 20.0. The summed E-state index contributed by atoms with van der Waals surface area (Å²) in [5, 5.41) is 1.14. The standard InChI is InChI=1S/C18H27N5O3S/c1-4-5-6-13-19-15-14(17(24)22(3)18(25)21(15)2)16(20-13)27-12-9-23-7-10-26-11-8-23/h4-12H2,1-3H3/p+1. The van der Waals surface area contributed by atoms with Crippen molar-refractivity contribution in [1.82, 2.24) is 19.1 Å². The third kappa shape index (κ3) is 4.41. The summed E-state index contributed by atoms with van der Waals surface area (Å²) in [6.45, 7) is 6.76. The van der Waals surface area contributed by atoms with Crippen LogP contribution in [0, 0.1) is 0 Å². The quantitative estimate of drug-likeness (QED) is 0.498. The second-order valence-corrected chi connectivity index (χ2v) is 8.00. The zero-order valence-corrected chi connectivity index (χ0v) is 17.1. The van der Waals surface area contributed by atoms with E-state index in [1.807, 2.05) is 0 Å². The van der Waals surface area contributed by atoms with E-state index in [4.69, 9.17) is 4.74 Å². The van der Waals surface area contributed by atoms with Crippen molar-refractivity contribution in [3.63, 3.8) is 0 Å². The summed E-state index contributed by atoms with van der Waals surface area (Å²) in [6.07, 6.45) is 2.77. The Morgan fingerprint density at radius 3 is 2.59 bits per heavy atom. The molecule has 9 heteroatoms. The molecule has 2 aromatic heterocycles. The topological polar surface area (TPSA) is 83.5 Å². The zero-order chi connectivity index (χ0) is 19.4. The molecule has 3 heterocycles. The van der Waals surface area contributed by atoms with E-state index >= 15 is 0 Å². The average Bonchev–Trinajstić information content (AvgIpc) is 2.69. The molecule has 2 aromatic rings. The fraction of sp³-hybridized carbons (Fsp3) is 0.667. The fourth-order valence-corrected chi connectivity index (χ4v) is 4.30. The van der Waals surface area contributed by atoms with Crippen molar-refractivity contribution in [2.45, 2.75) is 31.2 Å². The van der Waals surface area contributed by atoms with Gasteiger partial charge in [-0.15, -0.1) is 0 Å². The lowest BCUT2D eigenvalue weighted by atomic mass is 10.2. The minimum atomic E-state index is -0.360. The van der Waals surface area contributed by atoms with E-state index < -0.39 is 0 Å². The molecule has 1 fully saturated rings. The van der Waals surface area contributed by atoms with Crippen LogP contribution in [0.3, 0.4) is 0 Å². The van der Waals surface area contributed by atoms with Gasteiger partial charge in [0.05, 0.1) is 19.8 Å². The second kappa shape index (κ2) is 8.99. The molecule has 8 nitrogen and oxygen atoms in total. The van der Waals surface area contributed by atoms with Crippen LogP contribution in [0.4, 0.5) is 0 Å². The predicted octanol–water partition coefficient (Wildman–Crippen LogP) is -0.623. The molecule has 0 saturated carbocycles. The molecule has 0 bridgehead atoms. The van der Waals surface area contributed by atoms with Gasteiger partial charge < -0.3 is 9.64 Å². The summed E-state index contributed by atoms with van der Waals surface area (Å²) < 4.78 is 7.99. The van der Waals surface area contributed by atoms with Crippen LogP contribution in [0.1, 0.15) is 25.6 Å². The van der Waals surface area contributed by atoms with E-state index in [9.17, 15) is 9.59 Å². The number of hydrogen-bond donors (Lipinski definition) is 1. The molecular formula is C18H28N5O3S+. The van der Waals surface area contributed by atoms with Gasteiger partial charge in [0, 0.05) is 26.3 Å². The smallest absolute Gasteiger partial charge is 0.332 e. The maximum absolute atomic E-state index is 12.7. The molecule has 0 radical (unpaired) electrons. The number of fused-ring (bicyclic) bond motifs is 1. The summed E-state index contributed by atoms with van der Waals surface area (Å²) in [5.74, 6) is 1.56. The van der Waals surface area contributed by atoms with E-state index in [0.717, 1.165) is 62.4 Å². The number of aryl methyl sites for hydroxylation is 2. The first-order chi connectivity index (χ1) is 13.0. The molecule has 1 aliphatic rings. The lowest BCUT2D eigenvalue weighted by Gasteiger charge is -2.23. The van der Waals surface area contributed by atoms with Gasteiger partial charge in [0.15, 0.2) is 5.65 Å². The normalized spacial score (nSPS) is 15.5. The number of nitrogens with zero attached hydrogens (tertiary/aromatic N) is 4. The lowest BCUT2D eigenvalue weighted by Crippen LogP contribution is -3.14. The van der Waals surface area contributed by atoms with Crippen LogP contribution in [0.15, 0.2) is 14.6 Å². The molecule has 1 saturated heterocycles. The van der Waals surface area contributed by atoms with Crippen molar-refractivity contribution in [3.05, 3.63) is 26.7 Å². The lowest BCUT2D eigenvalue weighted by molar-refractivity contribution is -0.905. The molecule has 0 aliphatic carbocycles. The van der Waals surface area contributed by atoms with E-state index in [2.05, 4.69) is 16.9 Å². The molecule has 148 valence electrons. The van der Waals surface area contributed by atoms with E-state index in [-0.39, 0.29) is 11.2 Å². The maximum atomic E-state index is 12.7. The summed E-state index contributed by atoms with van der Waals surface area (Å²) in [7, 11) is 3.16. The molecule has 1 aliphatic heterocycles. The van der Waals surface area contributed by atoms with Crippen LogP contribution < -0.4 is 16.1 Å². The van der Waals surface area contributed by atoms with Crippen molar-refractivity contribution in [2.24, 2.45) is 14.1 Å². The molecule has 0 amide bonds. The number of nitrogens with one attached hydrogen (secondary N) is 1. The van der Waals surface area contributed by atoms with Crippen molar-refractivity contribution in [3.8, 4) is 0 Å². The van der Waals surface area contributed by atoms with Crippen molar-refractivity contribution in [1.29, 1.82) is 0 Å². The summed E-state index contributed by atoms with van der Waals surface area (Å²) >= 11 is 1.59. The molecule has 27 heavy (non-hydrogen) atoms. The van der Waals surface area contributed by atoms with Gasteiger partial charge in [0.25, 0.3) is 5.56 Å². The van der Waals surface area contributed by atoms with Gasteiger partial charge in [-0.3, -0.25) is 13.9 Å². The Morgan fingerprint density at radius 1 is 1.15 bits per heavy atom. The Labute approximate surface area is 162 Å². The Kier molecular flexibility index (Phi) is 6.67. The summed E-state index contributed by atoms with van der Waals surface area (Å²) in [5.41, 5.74) is -0.247. The average molecular weight is 395 g/mol. The SMILES string of the molecule is CCCCc1nc(SCC[NH+]2CCOCC2)c2c(=O)n(C)c(=O)n(C)c2n1. The number of quaternary nitrogens is 1. The van der Waals surface area contributed by atoms with Gasteiger partial charge in [-0.2, -0.15) is 0 Å². The highest BCUT2D eigenvalue weighted by molar-refractivity contribution is 7.99. The van der Waals surface area contributed by atoms with Gasteiger partial charge in [0.2, 0.25) is 0 Å². The molecule has 1 N–H and O–H groups in total. The largest absolute Gasteiger partial charge is 0.370 e. The minimum Gasteiger partial charge on any atom is -0.370 e. The van der Waals surface area contributed by atoms with Crippen LogP contribution in [-0.4, -0.2) is 57.7 Å². The van der Waals surface area contributed by atoms with Gasteiger partial charge in [-0.1, -0.05) is 25.1 Å². The molecule has 0 aromatic carbocycles. The van der Waals surface area contributed by atoms with Gasteiger partial charge in [-0.25, -0.2) is 14.8 Å². The molecule has 3 rings (SSSR count). The maximum Gasteiger partial charge on any atom is 0.332 e. The number of ether oxygens (including phenoxy) is 1. The monoisotopic (exact) mass is 394 g/mol. The van der Waals surface area contributed by atoms with Gasteiger partial charge in [-0.05, 0) is 6.42 Å². The van der Waals surface area contributed by atoms with Crippen LogP contribution in [-0.2, 0) is 25.3 Å². The Balaban J connectivity index is 1.95. The highest BCUT2D eigenvalue weighted by Gasteiger charge is 2.19. The zero-order valence-electron chi connectivity index (χ0n) is 16.3. The van der Waals surface area contributed by atoms with Crippen LogP contribution >= 0.6 is 11.8 Å². The minimum absolute atomic E-state index is 0.323. The van der Waals surface area contributed by atoms with Crippen molar-refractivity contribution in [2.75, 3.05) is 38.6 Å². The Morgan fingerprint density at radius 2 is 1.89 bits per heavy atom. The number of morpholine rings is 1. The van der Waals surface area contributed by atoms with E-state index in [1.165, 1.54) is 16.5 Å². The number of rotatable bonds is 7. The Bertz CT molecular complexity index is 918. The van der Waals surface area contributed by atoms with Gasteiger partial charge in [0.1, 0.15) is 29.3 Å². The summed E-state index contributed by atoms with van der Waals surface area (Å²) in [6, 6.07) is 0. The van der Waals surface area contributed by atoms with Crippen molar-refractivity contribution < 1.29 is 9.64 Å². The predicted molar refractivity (Wildman–Crippen MR) is 106 cm³/mol. The van der Waals surface area contributed by atoms with Crippen LogP contribution in [0.2, 0.25) is 0 Å². The molecular weight excluding hydrogens is 366 g/mol. The first-order valence-corrected chi connectivity index (χ1v) is 10.5. The number of unbranched alkanes of at least 4 members (excludes halogenated alkanes) is 1. The number of aromatic nitrogens is 4. The molecule has 0 atom stereocenters. The van der Waals surface area contributed by atoms with Crippen molar-refractivity contribution >= 4 is 22.8 Å². The second-order valence-electron chi connectivity index (χ2n) is 6.91. The fourth-order valence-electron chi connectivity index (χ4n) is 3.23. The number of thioether (sulfide) groups is 1. The Hall–Kier alpha value is -1.71. The van der Waals surface area contributed by atoms with Crippen LogP contribution in [0.25, 0.3) is 11.0 Å².